The highest BCUT2D eigenvalue weighted by molar-refractivity contribution is 5.32. The fourth-order valence-corrected chi connectivity index (χ4v) is 5.16. The number of rotatable bonds is 0. The zero-order valence-electron chi connectivity index (χ0n) is 12.1. The van der Waals surface area contributed by atoms with Gasteiger partial charge in [-0.25, -0.2) is 0 Å². The molecule has 2 bridgehead atoms. The van der Waals surface area contributed by atoms with Gasteiger partial charge in [-0.3, -0.25) is 0 Å². The molecule has 4 heteroatoms. The molecular weight excluding hydrogens is 244 g/mol. The van der Waals surface area contributed by atoms with Crippen LogP contribution in [0.25, 0.3) is 0 Å². The van der Waals surface area contributed by atoms with Crippen molar-refractivity contribution >= 4 is 0 Å². The van der Waals surface area contributed by atoms with Crippen molar-refractivity contribution in [2.45, 2.75) is 82.1 Å². The molecule has 0 aromatic rings. The number of hydrogen-bond donors (Lipinski definition) is 2. The van der Waals surface area contributed by atoms with Crippen LogP contribution in [0.4, 0.5) is 0 Å². The lowest BCUT2D eigenvalue weighted by molar-refractivity contribution is -0.248. The van der Waals surface area contributed by atoms with Crippen LogP contribution < -0.4 is 0 Å². The molecule has 1 spiro atoms. The molecule has 1 aliphatic carbocycles. The average molecular weight is 268 g/mol. The lowest BCUT2D eigenvalue weighted by Crippen LogP contribution is -2.69. The van der Waals surface area contributed by atoms with Gasteiger partial charge in [0.05, 0.1) is 17.8 Å². The molecule has 7 atom stereocenters. The van der Waals surface area contributed by atoms with Crippen molar-refractivity contribution < 1.29 is 19.7 Å². The van der Waals surface area contributed by atoms with E-state index in [9.17, 15) is 10.2 Å². The summed E-state index contributed by atoms with van der Waals surface area (Å²) in [5.74, 6) is 0.164. The normalized spacial score (nSPS) is 65.4. The summed E-state index contributed by atoms with van der Waals surface area (Å²) >= 11 is 0. The Kier molecular flexibility index (Phi) is 2.01. The van der Waals surface area contributed by atoms with Gasteiger partial charge in [0.1, 0.15) is 17.3 Å². The number of fused-ring (bicyclic) bond motifs is 3. The van der Waals surface area contributed by atoms with E-state index in [2.05, 4.69) is 20.8 Å². The smallest absolute Gasteiger partial charge is 0.134 e. The van der Waals surface area contributed by atoms with Gasteiger partial charge in [-0.2, -0.15) is 0 Å². The SMILES string of the molecule is CC1(C)C[C@H]2[C@@]3(O[C@@H]3[C@H]1O)[C@@](C)(O)[C@@H]1CC[C@@]2(C)O1. The third kappa shape index (κ3) is 1.17. The number of aliphatic hydroxyl groups is 2. The van der Waals surface area contributed by atoms with Crippen LogP contribution in [0.3, 0.4) is 0 Å². The van der Waals surface area contributed by atoms with Crippen molar-refractivity contribution in [1.29, 1.82) is 0 Å². The van der Waals surface area contributed by atoms with Crippen LogP contribution >= 0.6 is 0 Å². The van der Waals surface area contributed by atoms with Crippen LogP contribution in [-0.2, 0) is 9.47 Å². The quantitative estimate of drug-likeness (QED) is 0.649. The van der Waals surface area contributed by atoms with Gasteiger partial charge in [0.2, 0.25) is 0 Å². The van der Waals surface area contributed by atoms with Crippen LogP contribution in [-0.4, -0.2) is 45.3 Å². The van der Waals surface area contributed by atoms with E-state index in [1.807, 2.05) is 6.92 Å². The lowest BCUT2D eigenvalue weighted by atomic mass is 9.56. The molecule has 3 heterocycles. The minimum Gasteiger partial charge on any atom is -0.390 e. The summed E-state index contributed by atoms with van der Waals surface area (Å²) in [5, 5.41) is 21.5. The third-order valence-corrected chi connectivity index (χ3v) is 6.49. The van der Waals surface area contributed by atoms with Crippen LogP contribution in [0, 0.1) is 11.3 Å². The summed E-state index contributed by atoms with van der Waals surface area (Å²) in [5.41, 5.74) is -1.97. The second-order valence-corrected chi connectivity index (χ2v) is 8.13. The van der Waals surface area contributed by atoms with E-state index in [1.54, 1.807) is 0 Å². The fourth-order valence-electron chi connectivity index (χ4n) is 5.16. The van der Waals surface area contributed by atoms with Gasteiger partial charge in [0.15, 0.2) is 0 Å². The number of ether oxygens (including phenoxy) is 2. The summed E-state index contributed by atoms with van der Waals surface area (Å²) in [6, 6.07) is 0. The van der Waals surface area contributed by atoms with Gasteiger partial charge in [-0.05, 0) is 38.5 Å². The van der Waals surface area contributed by atoms with Crippen molar-refractivity contribution in [2.24, 2.45) is 11.3 Å². The van der Waals surface area contributed by atoms with Crippen LogP contribution in [0.2, 0.25) is 0 Å². The lowest BCUT2D eigenvalue weighted by Gasteiger charge is -2.55. The molecule has 108 valence electrons. The third-order valence-electron chi connectivity index (χ3n) is 6.49. The van der Waals surface area contributed by atoms with E-state index in [0.29, 0.717) is 0 Å². The second kappa shape index (κ2) is 3.03. The van der Waals surface area contributed by atoms with Crippen molar-refractivity contribution in [1.82, 2.24) is 0 Å². The monoisotopic (exact) mass is 268 g/mol. The molecule has 3 aliphatic heterocycles. The first-order chi connectivity index (χ1) is 8.65. The first kappa shape index (κ1) is 12.6. The van der Waals surface area contributed by atoms with E-state index in [4.69, 9.17) is 9.47 Å². The first-order valence-electron chi connectivity index (χ1n) is 7.41. The summed E-state index contributed by atoms with van der Waals surface area (Å²) in [6.45, 7) is 8.16. The van der Waals surface area contributed by atoms with E-state index in [1.165, 1.54) is 0 Å². The van der Waals surface area contributed by atoms with Crippen molar-refractivity contribution in [2.75, 3.05) is 0 Å². The Hall–Kier alpha value is -0.160. The molecule has 4 aliphatic rings. The van der Waals surface area contributed by atoms with Crippen LogP contribution in [0.1, 0.15) is 47.0 Å². The largest absolute Gasteiger partial charge is 0.390 e. The maximum Gasteiger partial charge on any atom is 0.134 e. The average Bonchev–Trinajstić information content (AvgIpc) is 2.95. The Balaban J connectivity index is 1.85. The summed E-state index contributed by atoms with van der Waals surface area (Å²) in [7, 11) is 0. The molecule has 19 heavy (non-hydrogen) atoms. The van der Waals surface area contributed by atoms with Gasteiger partial charge in [-0.1, -0.05) is 13.8 Å². The summed E-state index contributed by atoms with van der Waals surface area (Å²) in [6.07, 6.45) is 1.80. The van der Waals surface area contributed by atoms with E-state index < -0.39 is 17.3 Å². The Morgan fingerprint density at radius 2 is 1.79 bits per heavy atom. The number of epoxide rings is 1. The topological polar surface area (TPSA) is 62.2 Å². The van der Waals surface area contributed by atoms with Crippen LogP contribution in [0.5, 0.6) is 0 Å². The molecule has 0 amide bonds. The molecule has 4 rings (SSSR count). The number of hydrogen-bond acceptors (Lipinski definition) is 4. The van der Waals surface area contributed by atoms with Crippen molar-refractivity contribution in [3.63, 3.8) is 0 Å². The maximum absolute atomic E-state index is 11.0. The van der Waals surface area contributed by atoms with Gasteiger partial charge in [-0.15, -0.1) is 0 Å². The van der Waals surface area contributed by atoms with Gasteiger partial charge >= 0.3 is 0 Å². The van der Waals surface area contributed by atoms with E-state index >= 15 is 0 Å². The Bertz CT molecular complexity index is 445. The molecule has 0 aromatic carbocycles. The summed E-state index contributed by atoms with van der Waals surface area (Å²) < 4.78 is 12.2. The highest BCUT2D eigenvalue weighted by atomic mass is 16.7. The highest BCUT2D eigenvalue weighted by Gasteiger charge is 2.84. The minimum absolute atomic E-state index is 0.160. The predicted molar refractivity (Wildman–Crippen MR) is 68.6 cm³/mol. The standard InChI is InChI=1S/C15H24O4/c1-12(2)7-8-13(3)6-5-9(18-13)14(4,17)15(8)11(19-15)10(12)16/h8-11,16-17H,5-7H2,1-4H3/t8-,9+,10-,11-,13-,14+,15+/m1/s1. The Labute approximate surface area is 114 Å². The van der Waals surface area contributed by atoms with Gasteiger partial charge in [0.25, 0.3) is 0 Å². The first-order valence-corrected chi connectivity index (χ1v) is 7.41. The molecule has 0 unspecified atom stereocenters. The zero-order chi connectivity index (χ0) is 13.8. The predicted octanol–water partition coefficient (Wildman–Crippen LogP) is 1.23. The molecule has 0 aromatic heterocycles. The van der Waals surface area contributed by atoms with Crippen molar-refractivity contribution in [3.8, 4) is 0 Å². The van der Waals surface area contributed by atoms with Crippen molar-refractivity contribution in [3.05, 3.63) is 0 Å². The molecule has 4 fully saturated rings. The zero-order valence-corrected chi connectivity index (χ0v) is 12.1. The Morgan fingerprint density at radius 3 is 2.47 bits per heavy atom. The maximum atomic E-state index is 11.0. The molecular formula is C15H24O4. The van der Waals surface area contributed by atoms with Gasteiger partial charge in [0, 0.05) is 5.92 Å². The molecule has 2 N–H and O–H groups in total. The molecule has 0 radical (unpaired) electrons. The van der Waals surface area contributed by atoms with Crippen LogP contribution in [0.15, 0.2) is 0 Å². The number of aliphatic hydroxyl groups excluding tert-OH is 1. The van der Waals surface area contributed by atoms with Gasteiger partial charge < -0.3 is 19.7 Å². The fraction of sp³-hybridized carbons (Fsp3) is 1.00. The molecule has 4 nitrogen and oxygen atoms in total. The highest BCUT2D eigenvalue weighted by Crippen LogP contribution is 2.70. The molecule has 1 saturated carbocycles. The molecule has 3 saturated heterocycles. The minimum atomic E-state index is -0.990. The Morgan fingerprint density at radius 1 is 1.11 bits per heavy atom. The van der Waals surface area contributed by atoms with E-state index in [0.717, 1.165) is 19.3 Å². The second-order valence-electron chi connectivity index (χ2n) is 8.13. The summed E-state index contributed by atoms with van der Waals surface area (Å²) in [4.78, 5) is 0. The van der Waals surface area contributed by atoms with E-state index in [-0.39, 0.29) is 29.1 Å².